The number of nitrogens with zero attached hydrogens (tertiary/aromatic N) is 5. The van der Waals surface area contributed by atoms with Gasteiger partial charge >= 0.3 is 0 Å². The average Bonchev–Trinajstić information content (AvgIpc) is 3.23. The predicted molar refractivity (Wildman–Crippen MR) is 108 cm³/mol. The Labute approximate surface area is 171 Å². The number of aromatic nitrogens is 4. The maximum absolute atomic E-state index is 11.6. The molecule has 0 saturated carbocycles. The van der Waals surface area contributed by atoms with Crippen LogP contribution in [0.1, 0.15) is 44.8 Å². The molecule has 0 radical (unpaired) electrons. The fraction of sp³-hybridized carbons (Fsp3) is 0.667. The van der Waals surface area contributed by atoms with Crippen LogP contribution >= 0.6 is 22.6 Å². The number of hydrogen-bond acceptors (Lipinski definition) is 6. The van der Waals surface area contributed by atoms with E-state index in [4.69, 9.17) is 9.72 Å². The van der Waals surface area contributed by atoms with Crippen LogP contribution in [-0.2, 0) is 9.53 Å². The van der Waals surface area contributed by atoms with E-state index >= 15 is 0 Å². The molecule has 3 aliphatic heterocycles. The summed E-state index contributed by atoms with van der Waals surface area (Å²) < 4.78 is 8.70. The summed E-state index contributed by atoms with van der Waals surface area (Å²) in [7, 11) is 0. The minimum Gasteiger partial charge on any atom is -0.356 e. The number of rotatable bonds is 2. The Balaban J connectivity index is 1.40. The molecule has 3 aliphatic rings. The van der Waals surface area contributed by atoms with Gasteiger partial charge in [0.2, 0.25) is 5.91 Å². The topological polar surface area (TPSA) is 85.2 Å². The van der Waals surface area contributed by atoms with Gasteiger partial charge in [-0.2, -0.15) is 5.10 Å². The highest BCUT2D eigenvalue weighted by molar-refractivity contribution is 14.1. The molecule has 0 bridgehead atoms. The van der Waals surface area contributed by atoms with Crippen molar-refractivity contribution in [1.29, 1.82) is 0 Å². The van der Waals surface area contributed by atoms with Gasteiger partial charge in [0.1, 0.15) is 11.3 Å². The second-order valence-electron chi connectivity index (χ2n) is 7.90. The average molecular weight is 482 g/mol. The monoisotopic (exact) mass is 482 g/mol. The van der Waals surface area contributed by atoms with Crippen molar-refractivity contribution >= 4 is 45.5 Å². The summed E-state index contributed by atoms with van der Waals surface area (Å²) >= 11 is 2.22. The SMILES string of the molecule is O=C1CC2(CCN(c3cnc4c(I)nn(C5CCCCO5)c4n3)CC2)CN1. The van der Waals surface area contributed by atoms with E-state index < -0.39 is 0 Å². The Hall–Kier alpha value is -1.49. The highest BCUT2D eigenvalue weighted by atomic mass is 127. The van der Waals surface area contributed by atoms with Gasteiger partial charge in [0.15, 0.2) is 15.6 Å². The summed E-state index contributed by atoms with van der Waals surface area (Å²) in [5.41, 5.74) is 1.78. The zero-order valence-electron chi connectivity index (χ0n) is 15.2. The van der Waals surface area contributed by atoms with Crippen LogP contribution in [0, 0.1) is 9.12 Å². The molecule has 2 aromatic rings. The number of amides is 1. The first-order chi connectivity index (χ1) is 13.1. The Morgan fingerprint density at radius 1 is 1.30 bits per heavy atom. The minimum absolute atomic E-state index is 0.0467. The van der Waals surface area contributed by atoms with Gasteiger partial charge in [-0.05, 0) is 60.1 Å². The maximum atomic E-state index is 11.6. The first-order valence-electron chi connectivity index (χ1n) is 9.68. The van der Waals surface area contributed by atoms with E-state index in [0.29, 0.717) is 6.42 Å². The molecule has 3 fully saturated rings. The van der Waals surface area contributed by atoms with Crippen molar-refractivity contribution in [3.63, 3.8) is 0 Å². The van der Waals surface area contributed by atoms with Crippen LogP contribution in [0.4, 0.5) is 5.82 Å². The second kappa shape index (κ2) is 6.84. The number of fused-ring (bicyclic) bond motifs is 1. The molecule has 27 heavy (non-hydrogen) atoms. The summed E-state index contributed by atoms with van der Waals surface area (Å²) in [6.07, 6.45) is 7.71. The lowest BCUT2D eigenvalue weighted by Crippen LogP contribution is -2.41. The largest absolute Gasteiger partial charge is 0.356 e. The molecule has 1 N–H and O–H groups in total. The molecule has 1 amide bonds. The van der Waals surface area contributed by atoms with Crippen LogP contribution < -0.4 is 10.2 Å². The standard InChI is InChI=1S/C18H23IN6O2/c19-16-15-17(25(23-16)14-3-1-2-8-27-14)22-12(10-20-15)24-6-4-18(5-7-24)9-13(26)21-11-18/h10,14H,1-9,11H2,(H,21,26). The van der Waals surface area contributed by atoms with Crippen molar-refractivity contribution in [2.75, 3.05) is 31.1 Å². The van der Waals surface area contributed by atoms with E-state index in [1.807, 2.05) is 10.9 Å². The third-order valence-corrected chi connectivity index (χ3v) is 6.85. The second-order valence-corrected chi connectivity index (χ2v) is 8.92. The lowest BCUT2D eigenvalue weighted by Gasteiger charge is -2.38. The molecule has 5 heterocycles. The molecule has 3 saturated heterocycles. The summed E-state index contributed by atoms with van der Waals surface area (Å²) in [4.78, 5) is 23.5. The fourth-order valence-electron chi connectivity index (χ4n) is 4.45. The highest BCUT2D eigenvalue weighted by Gasteiger charge is 2.41. The van der Waals surface area contributed by atoms with Crippen LogP contribution in [-0.4, -0.2) is 51.9 Å². The van der Waals surface area contributed by atoms with Crippen LogP contribution in [0.25, 0.3) is 11.2 Å². The van der Waals surface area contributed by atoms with E-state index in [1.54, 1.807) is 0 Å². The lowest BCUT2D eigenvalue weighted by molar-refractivity contribution is -0.119. The Kier molecular flexibility index (Phi) is 4.46. The van der Waals surface area contributed by atoms with E-state index in [2.05, 4.69) is 42.9 Å². The summed E-state index contributed by atoms with van der Waals surface area (Å²) in [5, 5.41) is 7.65. The van der Waals surface area contributed by atoms with Gasteiger partial charge in [-0.15, -0.1) is 0 Å². The van der Waals surface area contributed by atoms with Crippen LogP contribution in [0.2, 0.25) is 0 Å². The highest BCUT2D eigenvalue weighted by Crippen LogP contribution is 2.38. The fourth-order valence-corrected chi connectivity index (χ4v) is 5.06. The molecular formula is C18H23IN6O2. The molecular weight excluding hydrogens is 459 g/mol. The molecule has 9 heteroatoms. The molecule has 1 atom stereocenters. The van der Waals surface area contributed by atoms with Crippen LogP contribution in [0.3, 0.4) is 0 Å². The van der Waals surface area contributed by atoms with E-state index in [-0.39, 0.29) is 17.6 Å². The van der Waals surface area contributed by atoms with Gasteiger partial charge in [0.05, 0.1) is 6.20 Å². The first-order valence-corrected chi connectivity index (χ1v) is 10.8. The van der Waals surface area contributed by atoms with E-state index in [0.717, 1.165) is 79.0 Å². The molecule has 0 aliphatic carbocycles. The van der Waals surface area contributed by atoms with Crippen molar-refractivity contribution in [3.8, 4) is 0 Å². The normalized spacial score (nSPS) is 25.3. The van der Waals surface area contributed by atoms with Crippen molar-refractivity contribution in [2.45, 2.75) is 44.8 Å². The number of halogens is 1. The Morgan fingerprint density at radius 3 is 2.85 bits per heavy atom. The number of ether oxygens (including phenoxy) is 1. The number of nitrogens with one attached hydrogen (secondary N) is 1. The number of carbonyl (C=O) groups excluding carboxylic acids is 1. The van der Waals surface area contributed by atoms with Gasteiger partial charge in [0.25, 0.3) is 0 Å². The van der Waals surface area contributed by atoms with Crippen molar-refractivity contribution in [2.24, 2.45) is 5.41 Å². The molecule has 1 unspecified atom stereocenters. The van der Waals surface area contributed by atoms with Gasteiger partial charge in [-0.25, -0.2) is 14.6 Å². The van der Waals surface area contributed by atoms with Crippen molar-refractivity contribution < 1.29 is 9.53 Å². The zero-order valence-corrected chi connectivity index (χ0v) is 17.3. The van der Waals surface area contributed by atoms with Crippen LogP contribution in [0.15, 0.2) is 6.20 Å². The van der Waals surface area contributed by atoms with E-state index in [9.17, 15) is 4.79 Å². The smallest absolute Gasteiger partial charge is 0.220 e. The number of piperidine rings is 1. The Morgan fingerprint density at radius 2 is 2.15 bits per heavy atom. The molecule has 2 aromatic heterocycles. The molecule has 144 valence electrons. The van der Waals surface area contributed by atoms with Crippen molar-refractivity contribution in [1.82, 2.24) is 25.1 Å². The maximum Gasteiger partial charge on any atom is 0.220 e. The minimum atomic E-state index is -0.0467. The van der Waals surface area contributed by atoms with Crippen LogP contribution in [0.5, 0.6) is 0 Å². The molecule has 5 rings (SSSR count). The number of anilines is 1. The summed E-state index contributed by atoms with van der Waals surface area (Å²) in [6.45, 7) is 3.39. The predicted octanol–water partition coefficient (Wildman–Crippen LogP) is 2.24. The third-order valence-electron chi connectivity index (χ3n) is 6.12. The quantitative estimate of drug-likeness (QED) is 0.662. The molecule has 1 spiro atoms. The summed E-state index contributed by atoms with van der Waals surface area (Å²) in [6, 6.07) is 0. The van der Waals surface area contributed by atoms with E-state index in [1.165, 1.54) is 0 Å². The zero-order chi connectivity index (χ0) is 18.4. The lowest BCUT2D eigenvalue weighted by atomic mass is 9.78. The molecule has 0 aromatic carbocycles. The number of hydrogen-bond donors (Lipinski definition) is 1. The number of carbonyl (C=O) groups is 1. The van der Waals surface area contributed by atoms with Crippen molar-refractivity contribution in [3.05, 3.63) is 9.90 Å². The third kappa shape index (κ3) is 3.18. The Bertz CT molecular complexity index is 870. The van der Waals surface area contributed by atoms with Gasteiger partial charge in [0, 0.05) is 32.7 Å². The first kappa shape index (κ1) is 17.6. The summed E-state index contributed by atoms with van der Waals surface area (Å²) in [5.74, 6) is 1.08. The molecule has 8 nitrogen and oxygen atoms in total. The van der Waals surface area contributed by atoms with Gasteiger partial charge in [-0.1, -0.05) is 0 Å². The van der Waals surface area contributed by atoms with Gasteiger partial charge in [-0.3, -0.25) is 4.79 Å². The van der Waals surface area contributed by atoms with Gasteiger partial charge < -0.3 is 15.0 Å².